The monoisotopic (exact) mass is 224 g/mol. The molecule has 0 saturated carbocycles. The van der Waals surface area contributed by atoms with Gasteiger partial charge < -0.3 is 8.85 Å². The van der Waals surface area contributed by atoms with Crippen molar-refractivity contribution in [1.82, 2.24) is 0 Å². The van der Waals surface area contributed by atoms with Gasteiger partial charge in [-0.3, -0.25) is 0 Å². The molecule has 0 aliphatic heterocycles. The van der Waals surface area contributed by atoms with Crippen LogP contribution in [0.5, 0.6) is 0 Å². The number of hydrogen-bond donors (Lipinski definition) is 0. The molecule has 0 amide bonds. The Morgan fingerprint density at radius 1 is 1.15 bits per heavy atom. The van der Waals surface area contributed by atoms with E-state index in [0.29, 0.717) is 0 Å². The van der Waals surface area contributed by atoms with Crippen molar-refractivity contribution in [3.63, 3.8) is 0 Å². The van der Waals surface area contributed by atoms with Crippen molar-refractivity contribution in [3.8, 4) is 0 Å². The lowest BCUT2D eigenvalue weighted by Crippen LogP contribution is -2.26. The lowest BCUT2D eigenvalue weighted by Gasteiger charge is -2.17. The van der Waals surface area contributed by atoms with E-state index in [1.165, 1.54) is 0 Å². The zero-order valence-electron chi connectivity index (χ0n) is 8.88. The van der Waals surface area contributed by atoms with Crippen LogP contribution in [0.15, 0.2) is 0 Å². The van der Waals surface area contributed by atoms with Gasteiger partial charge in [0.25, 0.3) is 0 Å². The second-order valence-corrected chi connectivity index (χ2v) is 5.58. The van der Waals surface area contributed by atoms with E-state index in [-0.39, 0.29) is 5.38 Å². The molecule has 80 valence electrons. The summed E-state index contributed by atoms with van der Waals surface area (Å²) in [7, 11) is -1.46. The average Bonchev–Trinajstić information content (AvgIpc) is 2.05. The fourth-order valence-corrected chi connectivity index (χ4v) is 3.62. The largest absolute Gasteiger partial charge is 0.397 e. The number of rotatable bonds is 8. The summed E-state index contributed by atoms with van der Waals surface area (Å²) in [6, 6.07) is 0.928. The van der Waals surface area contributed by atoms with Crippen molar-refractivity contribution in [2.24, 2.45) is 0 Å². The highest BCUT2D eigenvalue weighted by Crippen LogP contribution is 2.14. The van der Waals surface area contributed by atoms with Crippen LogP contribution >= 0.6 is 11.6 Å². The topological polar surface area (TPSA) is 18.5 Å². The van der Waals surface area contributed by atoms with Crippen LogP contribution in [0.4, 0.5) is 0 Å². The molecule has 13 heavy (non-hydrogen) atoms. The Hall–Kier alpha value is 0.427. The number of halogens is 1. The predicted molar refractivity (Wildman–Crippen MR) is 59.8 cm³/mol. The minimum atomic E-state index is -1.46. The molecule has 0 aliphatic carbocycles. The minimum absolute atomic E-state index is 0.236. The van der Waals surface area contributed by atoms with Gasteiger partial charge in [0.15, 0.2) is 0 Å². The fraction of sp³-hybridized carbons (Fsp3) is 1.00. The van der Waals surface area contributed by atoms with Crippen molar-refractivity contribution in [2.45, 2.75) is 45.0 Å². The molecular formula is C9H21ClO2Si. The van der Waals surface area contributed by atoms with E-state index in [2.05, 4.69) is 6.92 Å². The maximum atomic E-state index is 6.12. The van der Waals surface area contributed by atoms with Crippen molar-refractivity contribution in [1.29, 1.82) is 0 Å². The average molecular weight is 225 g/mol. The highest BCUT2D eigenvalue weighted by Gasteiger charge is 2.17. The first-order valence-corrected chi connectivity index (χ1v) is 7.31. The van der Waals surface area contributed by atoms with Gasteiger partial charge in [0.1, 0.15) is 0 Å². The number of alkyl halides is 1. The van der Waals surface area contributed by atoms with E-state index in [1.54, 1.807) is 0 Å². The van der Waals surface area contributed by atoms with Gasteiger partial charge >= 0.3 is 9.28 Å². The summed E-state index contributed by atoms with van der Waals surface area (Å²) in [6.07, 6.45) is 2.19. The Morgan fingerprint density at radius 2 is 1.69 bits per heavy atom. The van der Waals surface area contributed by atoms with Crippen LogP contribution in [-0.2, 0) is 8.85 Å². The van der Waals surface area contributed by atoms with Gasteiger partial charge in [0.05, 0.1) is 0 Å². The summed E-state index contributed by atoms with van der Waals surface area (Å²) in [5.74, 6) is 0. The molecule has 4 heteroatoms. The Balaban J connectivity index is 3.64. The molecule has 0 rings (SSSR count). The van der Waals surface area contributed by atoms with Crippen LogP contribution in [0.2, 0.25) is 6.04 Å². The van der Waals surface area contributed by atoms with Crippen LogP contribution in [-0.4, -0.2) is 27.9 Å². The first-order chi connectivity index (χ1) is 6.24. The van der Waals surface area contributed by atoms with Gasteiger partial charge in [-0.2, -0.15) is 0 Å². The Bertz CT molecular complexity index is 108. The van der Waals surface area contributed by atoms with E-state index in [4.69, 9.17) is 20.5 Å². The third-order valence-corrected chi connectivity index (χ3v) is 4.81. The Morgan fingerprint density at radius 3 is 2.08 bits per heavy atom. The third kappa shape index (κ3) is 7.49. The second-order valence-electron chi connectivity index (χ2n) is 2.96. The van der Waals surface area contributed by atoms with Gasteiger partial charge in [0.2, 0.25) is 0 Å². The van der Waals surface area contributed by atoms with Crippen molar-refractivity contribution >= 4 is 20.9 Å². The van der Waals surface area contributed by atoms with Gasteiger partial charge in [-0.15, -0.1) is 11.6 Å². The molecule has 0 radical (unpaired) electrons. The standard InChI is InChI=1S/C9H21ClO2Si/c1-4-7-9(10)8-13(11-5-2)12-6-3/h9,13H,4-8H2,1-3H3. The highest BCUT2D eigenvalue weighted by atomic mass is 35.5. The molecule has 1 unspecified atom stereocenters. The molecule has 0 heterocycles. The molecule has 0 saturated heterocycles. The minimum Gasteiger partial charge on any atom is -0.397 e. The molecular weight excluding hydrogens is 204 g/mol. The summed E-state index contributed by atoms with van der Waals surface area (Å²) < 4.78 is 11.1. The predicted octanol–water partition coefficient (Wildman–Crippen LogP) is 2.69. The summed E-state index contributed by atoms with van der Waals surface area (Å²) >= 11 is 6.12. The van der Waals surface area contributed by atoms with Gasteiger partial charge in [-0.25, -0.2) is 0 Å². The molecule has 1 atom stereocenters. The van der Waals surface area contributed by atoms with E-state index < -0.39 is 9.28 Å². The molecule has 0 aromatic carbocycles. The van der Waals surface area contributed by atoms with Gasteiger partial charge in [-0.1, -0.05) is 13.3 Å². The first kappa shape index (κ1) is 13.4. The molecule has 0 fully saturated rings. The first-order valence-electron chi connectivity index (χ1n) is 5.11. The molecule has 0 spiro atoms. The fourth-order valence-electron chi connectivity index (χ4n) is 1.20. The van der Waals surface area contributed by atoms with E-state index in [1.807, 2.05) is 13.8 Å². The molecule has 0 N–H and O–H groups in total. The van der Waals surface area contributed by atoms with E-state index in [9.17, 15) is 0 Å². The number of hydrogen-bond acceptors (Lipinski definition) is 2. The van der Waals surface area contributed by atoms with Gasteiger partial charge in [0, 0.05) is 24.6 Å². The summed E-state index contributed by atoms with van der Waals surface area (Å²) in [4.78, 5) is 0. The second kappa shape index (κ2) is 9.00. The molecule has 0 aliphatic rings. The Labute approximate surface area is 88.4 Å². The lowest BCUT2D eigenvalue weighted by molar-refractivity contribution is 0.213. The molecule has 0 aromatic rings. The van der Waals surface area contributed by atoms with E-state index in [0.717, 1.165) is 32.1 Å². The van der Waals surface area contributed by atoms with Crippen LogP contribution in [0.25, 0.3) is 0 Å². The molecule has 2 nitrogen and oxygen atoms in total. The van der Waals surface area contributed by atoms with Gasteiger partial charge in [-0.05, 0) is 20.3 Å². The van der Waals surface area contributed by atoms with Crippen molar-refractivity contribution in [3.05, 3.63) is 0 Å². The van der Waals surface area contributed by atoms with Crippen molar-refractivity contribution < 1.29 is 8.85 Å². The van der Waals surface area contributed by atoms with Crippen LogP contribution in [0.3, 0.4) is 0 Å². The van der Waals surface area contributed by atoms with Crippen LogP contribution in [0, 0.1) is 0 Å². The maximum absolute atomic E-state index is 6.12. The Kier molecular flexibility index (Phi) is 9.30. The normalized spacial score (nSPS) is 13.6. The quantitative estimate of drug-likeness (QED) is 0.466. The smallest absolute Gasteiger partial charge is 0.322 e. The SMILES string of the molecule is CCCC(Cl)C[SiH](OCC)OCC. The zero-order valence-corrected chi connectivity index (χ0v) is 10.8. The highest BCUT2D eigenvalue weighted by molar-refractivity contribution is 6.46. The lowest BCUT2D eigenvalue weighted by atomic mass is 10.3. The molecule has 0 aromatic heterocycles. The summed E-state index contributed by atoms with van der Waals surface area (Å²) in [5, 5.41) is 0.236. The third-order valence-electron chi connectivity index (χ3n) is 1.76. The van der Waals surface area contributed by atoms with Crippen molar-refractivity contribution in [2.75, 3.05) is 13.2 Å². The van der Waals surface area contributed by atoms with Crippen LogP contribution in [0.1, 0.15) is 33.6 Å². The van der Waals surface area contributed by atoms with E-state index >= 15 is 0 Å². The summed E-state index contributed by atoms with van der Waals surface area (Å²) in [6.45, 7) is 7.64. The molecule has 0 bridgehead atoms. The van der Waals surface area contributed by atoms with Crippen LogP contribution < -0.4 is 0 Å². The maximum Gasteiger partial charge on any atom is 0.322 e. The summed E-state index contributed by atoms with van der Waals surface area (Å²) in [5.41, 5.74) is 0. The zero-order chi connectivity index (χ0) is 10.1.